The van der Waals surface area contributed by atoms with Crippen molar-refractivity contribution in [2.45, 2.75) is 0 Å². The van der Waals surface area contributed by atoms with Crippen LogP contribution in [0.2, 0.25) is 0 Å². The Balaban J connectivity index is 3.47. The second kappa shape index (κ2) is 1.43. The molecule has 0 saturated heterocycles. The Morgan fingerprint density at radius 1 is 1.20 bits per heavy atom. The predicted molar refractivity (Wildman–Crippen MR) is 10.9 cm³/mol. The molecule has 0 N–H and O–H groups in total. The molecule has 0 aromatic heterocycles. The zero-order chi connectivity index (χ0) is 4.50. The molecule has 0 rings (SSSR count). The van der Waals surface area contributed by atoms with Crippen molar-refractivity contribution >= 4 is 9.82 Å². The average Bonchev–Trinajstić information content (AvgIpc) is 0.722. The molecule has 5 heteroatoms. The van der Waals surface area contributed by atoms with Gasteiger partial charge in [-0.05, 0) is 0 Å². The van der Waals surface area contributed by atoms with Crippen molar-refractivity contribution in [3.8, 4) is 0 Å². The van der Waals surface area contributed by atoms with Gasteiger partial charge in [0.1, 0.15) is 0 Å². The van der Waals surface area contributed by atoms with Gasteiger partial charge in [-0.25, -0.2) is 0 Å². The van der Waals surface area contributed by atoms with Crippen molar-refractivity contribution in [1.29, 1.82) is 0 Å². The van der Waals surface area contributed by atoms with Crippen LogP contribution in [0.1, 0.15) is 0 Å². The first-order chi connectivity index (χ1) is 2.00. The molecule has 0 radical (unpaired) electrons. The monoisotopic (exact) mass is 273 g/mol. The molecule has 0 aromatic carbocycles. The molecule has 0 fully saturated rings. The zero-order valence-corrected chi connectivity index (χ0v) is 5.70. The van der Waals surface area contributed by atoms with Gasteiger partial charge in [0, 0.05) is 0 Å². The first kappa shape index (κ1) is 5.70. The molecule has 0 aliphatic heterocycles. The van der Waals surface area contributed by atoms with Crippen LogP contribution in [0.3, 0.4) is 0 Å². The molecule has 0 nitrogen and oxygen atoms in total. The Morgan fingerprint density at radius 2 is 1.20 bits per heavy atom. The van der Waals surface area contributed by atoms with Gasteiger partial charge in [-0.1, -0.05) is 0 Å². The van der Waals surface area contributed by atoms with Crippen LogP contribution in [0, 0.1) is 0 Å². The van der Waals surface area contributed by atoms with Crippen LogP contribution in [0.5, 0.6) is 0 Å². The summed E-state index contributed by atoms with van der Waals surface area (Å²) in [5, 5.41) is 0. The van der Waals surface area contributed by atoms with E-state index < -0.39 is 15.8 Å². The SMILES string of the molecule is [F][W]([F])([F])=[S]. The molecule has 0 amide bonds. The van der Waals surface area contributed by atoms with Crippen LogP contribution in [-0.2, 0) is 15.8 Å². The maximum atomic E-state index is 10.4. The van der Waals surface area contributed by atoms with Crippen LogP contribution in [0.25, 0.3) is 0 Å². The van der Waals surface area contributed by atoms with Gasteiger partial charge in [-0.15, -0.1) is 0 Å². The van der Waals surface area contributed by atoms with E-state index in [4.69, 9.17) is 0 Å². The normalized spacial score (nSPS) is 11.8. The molecular weight excluding hydrogens is 273 g/mol. The number of halogens is 3. The molecular formula is F3SW. The average molecular weight is 273 g/mol. The quantitative estimate of drug-likeness (QED) is 0.649. The Morgan fingerprint density at radius 3 is 1.20 bits per heavy atom. The van der Waals surface area contributed by atoms with E-state index in [0.29, 0.717) is 0 Å². The molecule has 33 valence electrons. The third-order valence-electron chi connectivity index (χ3n) is 0. The van der Waals surface area contributed by atoms with Crippen LogP contribution in [0.4, 0.5) is 9.47 Å². The summed E-state index contributed by atoms with van der Waals surface area (Å²) < 4.78 is 31.1. The Labute approximate surface area is 35.6 Å². The van der Waals surface area contributed by atoms with Gasteiger partial charge >= 0.3 is 35.1 Å². The predicted octanol–water partition coefficient (Wildman–Crippen LogP) is 1.91. The van der Waals surface area contributed by atoms with Crippen molar-refractivity contribution in [2.24, 2.45) is 0 Å². The summed E-state index contributed by atoms with van der Waals surface area (Å²) in [4.78, 5) is 0. The van der Waals surface area contributed by atoms with Crippen molar-refractivity contribution in [2.75, 3.05) is 0 Å². The van der Waals surface area contributed by atoms with Crippen molar-refractivity contribution in [1.82, 2.24) is 0 Å². The second-order valence-corrected chi connectivity index (χ2v) is 6.07. The van der Waals surface area contributed by atoms with Crippen molar-refractivity contribution in [3.05, 3.63) is 0 Å². The van der Waals surface area contributed by atoms with Gasteiger partial charge in [0.2, 0.25) is 0 Å². The third-order valence-corrected chi connectivity index (χ3v) is 0. The van der Waals surface area contributed by atoms with Crippen molar-refractivity contribution < 1.29 is 25.3 Å². The first-order valence-electron chi connectivity index (χ1n) is 0.630. The molecule has 0 saturated carbocycles. The van der Waals surface area contributed by atoms with Crippen LogP contribution in [-0.4, -0.2) is 0 Å². The molecule has 5 heavy (non-hydrogen) atoms. The molecule has 0 aromatic rings. The molecule has 0 atom stereocenters. The summed E-state index contributed by atoms with van der Waals surface area (Å²) in [6, 6.07) is 0. The molecule has 0 aliphatic rings. The van der Waals surface area contributed by atoms with Crippen molar-refractivity contribution in [3.63, 3.8) is 0 Å². The van der Waals surface area contributed by atoms with E-state index in [9.17, 15) is 9.47 Å². The molecule has 0 heterocycles. The summed E-state index contributed by atoms with van der Waals surface area (Å²) in [5.74, 6) is 0. The van der Waals surface area contributed by atoms with E-state index in [-0.39, 0.29) is 0 Å². The van der Waals surface area contributed by atoms with Crippen LogP contribution in [0.15, 0.2) is 0 Å². The zero-order valence-electron chi connectivity index (χ0n) is 1.95. The van der Waals surface area contributed by atoms with Crippen LogP contribution < -0.4 is 0 Å². The second-order valence-electron chi connectivity index (χ2n) is 0.364. The van der Waals surface area contributed by atoms with Gasteiger partial charge < -0.3 is 0 Å². The van der Waals surface area contributed by atoms with E-state index in [1.54, 1.807) is 0 Å². The molecule has 0 bridgehead atoms. The molecule has 0 spiro atoms. The summed E-state index contributed by atoms with van der Waals surface area (Å²) in [6.45, 7) is 0. The van der Waals surface area contributed by atoms with Gasteiger partial charge in [0.25, 0.3) is 0 Å². The van der Waals surface area contributed by atoms with Crippen LogP contribution >= 0.6 is 9.82 Å². The third kappa shape index (κ3) is 70.1. The van der Waals surface area contributed by atoms with E-state index in [1.165, 1.54) is 0 Å². The Kier molecular flexibility index (Phi) is 1.63. The van der Waals surface area contributed by atoms with Gasteiger partial charge in [0.05, 0.1) is 0 Å². The standard InChI is InChI=1S/3FH.S.W/h3*1H;;/q;;;;+3/p-3. The minimum absolute atomic E-state index is 3.03. The Bertz CT molecular complexity index is 53.0. The number of hydrogen-bond acceptors (Lipinski definition) is 1. The fourth-order valence-electron chi connectivity index (χ4n) is 0. The summed E-state index contributed by atoms with van der Waals surface area (Å²) in [5.41, 5.74) is 0. The van der Waals surface area contributed by atoms with Gasteiger partial charge in [-0.2, -0.15) is 0 Å². The summed E-state index contributed by atoms with van der Waals surface area (Å²) in [7, 11) is 3.03. The Hall–Kier alpha value is 0.698. The van der Waals surface area contributed by atoms with E-state index >= 15 is 0 Å². The first-order valence-corrected chi connectivity index (χ1v) is 7.88. The fraction of sp³-hybridized carbons (Fsp3) is 0. The molecule has 0 unspecified atom stereocenters. The fourth-order valence-corrected chi connectivity index (χ4v) is 0. The minimum atomic E-state index is -6.08. The topological polar surface area (TPSA) is 0 Å². The summed E-state index contributed by atoms with van der Waals surface area (Å²) in [6.07, 6.45) is 0. The van der Waals surface area contributed by atoms with E-state index in [2.05, 4.69) is 9.82 Å². The summed E-state index contributed by atoms with van der Waals surface area (Å²) >= 11 is -6.08. The van der Waals surface area contributed by atoms with E-state index in [0.717, 1.165) is 0 Å². The number of hydrogen-bond donors (Lipinski definition) is 0. The van der Waals surface area contributed by atoms with E-state index in [1.807, 2.05) is 0 Å². The van der Waals surface area contributed by atoms with Gasteiger partial charge in [0.15, 0.2) is 0 Å². The van der Waals surface area contributed by atoms with Gasteiger partial charge in [-0.3, -0.25) is 0 Å². The molecule has 0 aliphatic carbocycles. The maximum absolute atomic E-state index is 10.4. The number of rotatable bonds is 0.